The van der Waals surface area contributed by atoms with Gasteiger partial charge in [-0.3, -0.25) is 0 Å². The van der Waals surface area contributed by atoms with Crippen LogP contribution in [0.15, 0.2) is 109 Å². The quantitative estimate of drug-likeness (QED) is 0.266. The number of rotatable bonds is 3. The van der Waals surface area contributed by atoms with Crippen LogP contribution in [-0.4, -0.2) is 6.71 Å². The van der Waals surface area contributed by atoms with Crippen LogP contribution in [0.5, 0.6) is 23.0 Å². The first-order valence-electron chi connectivity index (χ1n) is 21.5. The molecule has 5 aromatic rings. The Labute approximate surface area is 242 Å². The van der Waals surface area contributed by atoms with E-state index in [0.717, 1.165) is 17.0 Å². The van der Waals surface area contributed by atoms with Gasteiger partial charge in [0.1, 0.15) is 23.0 Å². The van der Waals surface area contributed by atoms with Gasteiger partial charge in [-0.05, 0) is 60.9 Å². The maximum atomic E-state index is 9.08. The van der Waals surface area contributed by atoms with Crippen molar-refractivity contribution in [2.45, 2.75) is 13.7 Å². The third-order valence-corrected chi connectivity index (χ3v) is 5.67. The highest BCUT2D eigenvalue weighted by molar-refractivity contribution is 6.98. The highest BCUT2D eigenvalue weighted by Gasteiger charge is 2.40. The summed E-state index contributed by atoms with van der Waals surface area (Å²) in [6.45, 7) is -7.93. The van der Waals surface area contributed by atoms with Crippen LogP contribution in [0, 0.1) is 13.7 Å². The number of nitrogens with zero attached hydrogens (tertiary/aromatic N) is 1. The number of hydrogen-bond acceptors (Lipinski definition) is 3. The molecule has 2 aliphatic rings. The Morgan fingerprint density at radius 1 is 0.611 bits per heavy atom. The van der Waals surface area contributed by atoms with Crippen LogP contribution < -0.4 is 30.8 Å². The number of fused-ring (bicyclic) bond motifs is 4. The number of ether oxygens (including phenoxy) is 2. The van der Waals surface area contributed by atoms with Gasteiger partial charge in [0, 0.05) is 37.2 Å². The van der Waals surface area contributed by atoms with E-state index < -0.39 is 162 Å². The molecule has 36 heavy (non-hydrogen) atoms. The average Bonchev–Trinajstić information content (AvgIpc) is 3.13. The molecule has 4 heteroatoms. The van der Waals surface area contributed by atoms with E-state index in [-0.39, 0.29) is 22.6 Å². The molecule has 7 rings (SSSR count). The lowest BCUT2D eigenvalue weighted by molar-refractivity contribution is 0.464. The fourth-order valence-corrected chi connectivity index (χ4v) is 4.29. The SMILES string of the molecule is [2H]c1c([2H])c([2H])c(N(c2cc3c4c(c2)Oc2c([2H])c([2H])c(C([2H])([2H])[2H])c([2H])c2B4c2c([2H])c(C([2H])([2H])[2H])c([2H])c([2H])c2O3)c2c([2H])c([2H])c([2H])c([2H])c2[2H])c([2H])c1[2H]. The Hall–Kier alpha value is -4.44. The van der Waals surface area contributed by atoms with E-state index in [0.29, 0.717) is 0 Å². The van der Waals surface area contributed by atoms with E-state index in [1.165, 1.54) is 0 Å². The standard InChI is InChI=1S/C32H24BNO2/c1-21-13-15-28-26(17-21)33-27-18-22(2)14-16-29(27)36-31-20-25(19-30(35-28)32(31)33)34(23-9-5-3-6-10-23)24-11-7-4-8-12-24/h3-20H,1-2H3/i1D3,2D3,3D,4D,5D,6D,7D,8D,9D,10D,11D,12D,13D,14D,15D,16D,17D,18D. The van der Waals surface area contributed by atoms with Crippen molar-refractivity contribution in [3.63, 3.8) is 0 Å². The zero-order chi connectivity index (χ0) is 43.1. The summed E-state index contributed by atoms with van der Waals surface area (Å²) < 4.78 is 199. The lowest BCUT2D eigenvalue weighted by Crippen LogP contribution is -2.57. The molecular weight excluding hydrogens is 441 g/mol. The van der Waals surface area contributed by atoms with E-state index >= 15 is 0 Å². The van der Waals surface area contributed by atoms with Crippen LogP contribution in [0.3, 0.4) is 0 Å². The summed E-state index contributed by atoms with van der Waals surface area (Å²) in [5.74, 6) is -1.98. The molecule has 0 unspecified atom stereocenters. The lowest BCUT2D eigenvalue weighted by Gasteiger charge is -2.35. The minimum absolute atomic E-state index is 0.157. The Morgan fingerprint density at radius 2 is 1.11 bits per heavy atom. The fraction of sp³-hybridized carbons (Fsp3) is 0.0625. The van der Waals surface area contributed by atoms with Gasteiger partial charge in [-0.2, -0.15) is 0 Å². The van der Waals surface area contributed by atoms with Gasteiger partial charge in [0.15, 0.2) is 0 Å². The van der Waals surface area contributed by atoms with Crippen molar-refractivity contribution in [3.8, 4) is 23.0 Å². The van der Waals surface area contributed by atoms with E-state index in [1.54, 1.807) is 0 Å². The van der Waals surface area contributed by atoms with E-state index in [9.17, 15) is 0 Å². The smallest absolute Gasteiger partial charge is 0.260 e. The van der Waals surface area contributed by atoms with Crippen molar-refractivity contribution < 1.29 is 39.6 Å². The maximum Gasteiger partial charge on any atom is 0.260 e. The maximum absolute atomic E-state index is 9.08. The summed E-state index contributed by atoms with van der Waals surface area (Å²) in [6.07, 6.45) is 0. The number of hydrogen-bond donors (Lipinski definition) is 0. The van der Waals surface area contributed by atoms with Crippen LogP contribution in [0.25, 0.3) is 0 Å². The first-order chi connectivity index (χ1) is 26.7. The molecular formula is C32H24BNO2. The van der Waals surface area contributed by atoms with Crippen molar-refractivity contribution >= 4 is 40.2 Å². The molecule has 0 amide bonds. The second kappa shape index (κ2) is 8.06. The van der Waals surface area contributed by atoms with Crippen molar-refractivity contribution in [3.05, 3.63) is 120 Å². The summed E-state index contributed by atoms with van der Waals surface area (Å²) in [7, 11) is 0. The summed E-state index contributed by atoms with van der Waals surface area (Å²) in [6, 6.07) is -11.8. The fourth-order valence-electron chi connectivity index (χ4n) is 4.29. The summed E-state index contributed by atoms with van der Waals surface area (Å²) in [5, 5.41) is 0. The van der Waals surface area contributed by atoms with Crippen molar-refractivity contribution in [2.24, 2.45) is 0 Å². The average molecular weight is 487 g/mol. The molecule has 0 saturated heterocycles. The second-order valence-corrected chi connectivity index (χ2v) is 7.76. The van der Waals surface area contributed by atoms with Crippen LogP contribution in [0.1, 0.15) is 41.3 Å². The first kappa shape index (κ1) is 8.31. The minimum atomic E-state index is -3.15. The monoisotopic (exact) mass is 487 g/mol. The highest BCUT2D eigenvalue weighted by Crippen LogP contribution is 2.42. The molecule has 0 N–H and O–H groups in total. The second-order valence-electron chi connectivity index (χ2n) is 7.76. The third kappa shape index (κ3) is 3.29. The molecule has 3 nitrogen and oxygen atoms in total. The van der Waals surface area contributed by atoms with Gasteiger partial charge in [0.2, 0.25) is 0 Å². The molecule has 0 fully saturated rings. The van der Waals surface area contributed by atoms with Gasteiger partial charge in [-0.15, -0.1) is 0 Å². The number of benzene rings is 5. The molecule has 0 radical (unpaired) electrons. The molecule has 5 aromatic carbocycles. The van der Waals surface area contributed by atoms with Gasteiger partial charge in [-0.25, -0.2) is 0 Å². The van der Waals surface area contributed by atoms with Gasteiger partial charge in [0.25, 0.3) is 6.71 Å². The molecule has 2 aliphatic heterocycles. The van der Waals surface area contributed by atoms with E-state index in [1.807, 2.05) is 0 Å². The largest absolute Gasteiger partial charge is 0.458 e. The molecule has 0 aliphatic carbocycles. The van der Waals surface area contributed by atoms with Crippen LogP contribution >= 0.6 is 0 Å². The predicted octanol–water partition coefficient (Wildman–Crippen LogP) is 6.50. The van der Waals surface area contributed by atoms with Crippen LogP contribution in [0.2, 0.25) is 0 Å². The zero-order valence-electron chi connectivity index (χ0n) is 40.0. The van der Waals surface area contributed by atoms with Crippen LogP contribution in [-0.2, 0) is 0 Å². The predicted molar refractivity (Wildman–Crippen MR) is 148 cm³/mol. The van der Waals surface area contributed by atoms with Crippen LogP contribution in [0.4, 0.5) is 17.1 Å². The normalized spacial score (nSPS) is 21.9. The van der Waals surface area contributed by atoms with Gasteiger partial charge in [-0.1, -0.05) is 71.6 Å². The molecule has 2 heterocycles. The Balaban J connectivity index is 1.67. The van der Waals surface area contributed by atoms with Gasteiger partial charge >= 0.3 is 0 Å². The topological polar surface area (TPSA) is 21.7 Å². The third-order valence-electron chi connectivity index (χ3n) is 5.67. The van der Waals surface area contributed by atoms with E-state index in [4.69, 9.17) is 39.6 Å². The first-order valence-corrected chi connectivity index (χ1v) is 10.5. The van der Waals surface area contributed by atoms with E-state index in [2.05, 4.69) is 0 Å². The molecule has 172 valence electrons. The van der Waals surface area contributed by atoms with Crippen molar-refractivity contribution in [1.29, 1.82) is 0 Å². The Kier molecular flexibility index (Phi) is 1.86. The molecule has 0 saturated carbocycles. The lowest BCUT2D eigenvalue weighted by atomic mass is 9.34. The van der Waals surface area contributed by atoms with Gasteiger partial charge < -0.3 is 14.4 Å². The summed E-state index contributed by atoms with van der Waals surface area (Å²) >= 11 is 0. The molecule has 0 atom stereocenters. The highest BCUT2D eigenvalue weighted by atomic mass is 16.5. The molecule has 0 aromatic heterocycles. The molecule has 0 spiro atoms. The molecule has 0 bridgehead atoms. The number of para-hydroxylation sites is 2. The Bertz CT molecular complexity index is 2460. The summed E-state index contributed by atoms with van der Waals surface area (Å²) in [5.41, 5.74) is -4.56. The number of anilines is 3. The van der Waals surface area contributed by atoms with Crippen molar-refractivity contribution in [1.82, 2.24) is 0 Å². The van der Waals surface area contributed by atoms with Gasteiger partial charge in [0.05, 0.1) is 27.6 Å². The zero-order valence-corrected chi connectivity index (χ0v) is 18.0. The Morgan fingerprint density at radius 3 is 1.58 bits per heavy atom. The minimum Gasteiger partial charge on any atom is -0.458 e. The van der Waals surface area contributed by atoms with Crippen molar-refractivity contribution in [2.75, 3.05) is 4.90 Å². The summed E-state index contributed by atoms with van der Waals surface area (Å²) in [4.78, 5) is 0.764.